The summed E-state index contributed by atoms with van der Waals surface area (Å²) in [6.07, 6.45) is -6.28. The summed E-state index contributed by atoms with van der Waals surface area (Å²) >= 11 is 0. The Labute approximate surface area is 290 Å². The van der Waals surface area contributed by atoms with Gasteiger partial charge in [0.25, 0.3) is 0 Å². The van der Waals surface area contributed by atoms with Crippen molar-refractivity contribution in [3.05, 3.63) is 92.6 Å². The van der Waals surface area contributed by atoms with Crippen LogP contribution in [0.1, 0.15) is 44.8 Å². The van der Waals surface area contributed by atoms with E-state index in [1.807, 2.05) is 0 Å². The van der Waals surface area contributed by atoms with Crippen LogP contribution in [0.3, 0.4) is 0 Å². The maximum absolute atomic E-state index is 13.6. The number of ether oxygens (including phenoxy) is 3. The molecule has 268 valence electrons. The molecule has 2 aliphatic heterocycles. The number of hydrogen-bond acceptors (Lipinski definition) is 16. The van der Waals surface area contributed by atoms with Crippen LogP contribution in [-0.2, 0) is 17.6 Å². The fourth-order valence-electron chi connectivity index (χ4n) is 6.53. The van der Waals surface area contributed by atoms with Gasteiger partial charge in [-0.25, -0.2) is 4.79 Å². The van der Waals surface area contributed by atoms with Crippen molar-refractivity contribution < 1.29 is 75.2 Å². The van der Waals surface area contributed by atoms with Crippen molar-refractivity contribution in [1.29, 1.82) is 0 Å². The van der Waals surface area contributed by atoms with Crippen molar-refractivity contribution in [2.24, 2.45) is 0 Å². The van der Waals surface area contributed by atoms with Crippen LogP contribution in [0.2, 0.25) is 0 Å². The van der Waals surface area contributed by atoms with E-state index in [0.717, 1.165) is 42.5 Å². The third-order valence-corrected chi connectivity index (χ3v) is 8.98. The van der Waals surface area contributed by atoms with Crippen LogP contribution in [0.25, 0.3) is 10.8 Å². The summed E-state index contributed by atoms with van der Waals surface area (Å²) in [5.74, 6) is -8.24. The molecule has 2 heterocycles. The average molecular weight is 717 g/mol. The highest BCUT2D eigenvalue weighted by Crippen LogP contribution is 2.48. The number of carbonyl (C=O) groups excluding carboxylic acids is 1. The van der Waals surface area contributed by atoms with E-state index in [-0.39, 0.29) is 63.5 Å². The number of benzene rings is 4. The third-order valence-electron chi connectivity index (χ3n) is 8.98. The molecule has 52 heavy (non-hydrogen) atoms. The van der Waals surface area contributed by atoms with Gasteiger partial charge in [0.2, 0.25) is 5.43 Å². The number of aliphatic hydroxyl groups is 1. The second kappa shape index (κ2) is 12.1. The molecule has 16 heteroatoms. The zero-order valence-corrected chi connectivity index (χ0v) is 26.4. The van der Waals surface area contributed by atoms with Gasteiger partial charge in [-0.2, -0.15) is 0 Å². The number of fused-ring (bicyclic) bond motifs is 3. The molecule has 0 fully saturated rings. The summed E-state index contributed by atoms with van der Waals surface area (Å²) in [6, 6.07) is 9.20. The monoisotopic (exact) mass is 716 g/mol. The first-order chi connectivity index (χ1) is 24.6. The van der Waals surface area contributed by atoms with Crippen molar-refractivity contribution in [1.82, 2.24) is 0 Å². The molecule has 0 amide bonds. The van der Waals surface area contributed by atoms with E-state index in [0.29, 0.717) is 0 Å². The molecule has 0 spiro atoms. The Morgan fingerprint density at radius 3 is 1.79 bits per heavy atom. The van der Waals surface area contributed by atoms with Gasteiger partial charge >= 0.3 is 5.97 Å². The molecule has 0 aliphatic carbocycles. The third kappa shape index (κ3) is 5.56. The van der Waals surface area contributed by atoms with E-state index in [1.165, 1.54) is 12.1 Å². The Morgan fingerprint density at radius 2 is 1.17 bits per heavy atom. The molecular formula is C36H28O16. The highest BCUT2D eigenvalue weighted by molar-refractivity contribution is 5.94. The SMILES string of the molecule is O=C(O[C@@H]1Cc2c(O)cc(O)cc2O[C@@H]1c1cc(O)c(O)c2c(=O)c(O)cc(C3Oc4cc(O)cc(O)c4C[C@H]3O)cc12)c1cc(O)c(O)c(O)c1. The Balaban J connectivity index is 1.42. The summed E-state index contributed by atoms with van der Waals surface area (Å²) in [4.78, 5) is 27.0. The van der Waals surface area contributed by atoms with Gasteiger partial charge in [-0.1, -0.05) is 0 Å². The molecule has 0 aromatic heterocycles. The molecule has 4 atom stereocenters. The van der Waals surface area contributed by atoms with E-state index in [2.05, 4.69) is 0 Å². The van der Waals surface area contributed by atoms with Gasteiger partial charge in [-0.3, -0.25) is 4.79 Å². The first-order valence-electron chi connectivity index (χ1n) is 15.4. The first kappa shape index (κ1) is 33.6. The van der Waals surface area contributed by atoms with Gasteiger partial charge in [-0.05, 0) is 41.3 Å². The minimum atomic E-state index is -1.53. The number of hydrogen-bond donors (Lipinski definition) is 11. The van der Waals surface area contributed by atoms with E-state index in [9.17, 15) is 65.8 Å². The Morgan fingerprint density at radius 1 is 0.615 bits per heavy atom. The Kier molecular flexibility index (Phi) is 7.83. The van der Waals surface area contributed by atoms with Gasteiger partial charge in [0, 0.05) is 53.8 Å². The minimum Gasteiger partial charge on any atom is -0.508 e. The molecule has 0 saturated carbocycles. The van der Waals surface area contributed by atoms with Gasteiger partial charge in [0.05, 0.1) is 17.1 Å². The van der Waals surface area contributed by atoms with Gasteiger partial charge in [-0.15, -0.1) is 0 Å². The van der Waals surface area contributed by atoms with Gasteiger partial charge < -0.3 is 70.4 Å². The van der Waals surface area contributed by atoms with Crippen LogP contribution < -0.4 is 14.9 Å². The second-order valence-electron chi connectivity index (χ2n) is 12.4. The summed E-state index contributed by atoms with van der Waals surface area (Å²) in [7, 11) is 0. The standard InChI is InChI=1S/C36H28O16/c37-14-5-20(39)18-10-26(45)34(50-27(18)7-14)12-1-16-17(9-25(44)33(48)30(16)32(47)24(43)2-12)35-29(11-19-21(40)6-15(38)8-28(19)51-35)52-36(49)13-3-22(41)31(46)23(42)4-13/h1-9,26,29,34-35,37-42,44-46,48H,10-11H2,(H,43,47)/t26-,29-,34?,35-/m1/s1. The maximum atomic E-state index is 13.6. The fourth-order valence-corrected chi connectivity index (χ4v) is 6.53. The molecule has 0 saturated heterocycles. The topological polar surface area (TPSA) is 284 Å². The van der Waals surface area contributed by atoms with E-state index in [4.69, 9.17) is 14.2 Å². The molecule has 0 bridgehead atoms. The normalized spacial score (nSPS) is 19.2. The number of phenolic OH excluding ortho intramolecular Hbond substituents is 9. The van der Waals surface area contributed by atoms with Gasteiger partial charge in [0.15, 0.2) is 40.6 Å². The Hall–Kier alpha value is -6.94. The van der Waals surface area contributed by atoms with E-state index in [1.54, 1.807) is 0 Å². The lowest BCUT2D eigenvalue weighted by Crippen LogP contribution is -2.35. The van der Waals surface area contributed by atoms with E-state index < -0.39 is 92.8 Å². The molecule has 0 radical (unpaired) electrons. The summed E-state index contributed by atoms with van der Waals surface area (Å²) < 4.78 is 17.8. The van der Waals surface area contributed by atoms with Crippen molar-refractivity contribution in [3.63, 3.8) is 0 Å². The molecule has 5 aromatic carbocycles. The van der Waals surface area contributed by atoms with Crippen LogP contribution in [0, 0.1) is 0 Å². The molecule has 7 rings (SSSR count). The predicted molar refractivity (Wildman–Crippen MR) is 176 cm³/mol. The summed E-state index contributed by atoms with van der Waals surface area (Å²) in [5.41, 5.74) is -1.59. The summed E-state index contributed by atoms with van der Waals surface area (Å²) in [6.45, 7) is 0. The van der Waals surface area contributed by atoms with Crippen LogP contribution in [-0.4, -0.2) is 74.3 Å². The fraction of sp³-hybridized carbons (Fsp3) is 0.167. The second-order valence-corrected chi connectivity index (χ2v) is 12.4. The molecule has 1 unspecified atom stereocenters. The van der Waals surface area contributed by atoms with Crippen molar-refractivity contribution >= 4 is 16.7 Å². The molecule has 11 N–H and O–H groups in total. The molecular weight excluding hydrogens is 688 g/mol. The quantitative estimate of drug-likeness (QED) is 0.0940. The minimum absolute atomic E-state index is 0.0173. The lowest BCUT2D eigenvalue weighted by molar-refractivity contribution is -0.0184. The maximum Gasteiger partial charge on any atom is 0.338 e. The predicted octanol–water partition coefficient (Wildman–Crippen LogP) is 3.19. The lowest BCUT2D eigenvalue weighted by atomic mass is 9.90. The molecule has 5 aromatic rings. The van der Waals surface area contributed by atoms with Crippen molar-refractivity contribution in [2.75, 3.05) is 0 Å². The number of esters is 1. The lowest BCUT2D eigenvalue weighted by Gasteiger charge is -2.34. The number of carbonyl (C=O) groups is 1. The number of rotatable bonds is 4. The highest BCUT2D eigenvalue weighted by atomic mass is 16.6. The average Bonchev–Trinajstić information content (AvgIpc) is 3.20. The summed E-state index contributed by atoms with van der Waals surface area (Å²) in [5, 5.41) is 114. The van der Waals surface area contributed by atoms with Crippen molar-refractivity contribution in [2.45, 2.75) is 37.3 Å². The smallest absolute Gasteiger partial charge is 0.338 e. The first-order valence-corrected chi connectivity index (χ1v) is 15.4. The molecule has 2 aliphatic rings. The number of aromatic hydroxyl groups is 10. The van der Waals surface area contributed by atoms with E-state index >= 15 is 0 Å². The largest absolute Gasteiger partial charge is 0.508 e. The van der Waals surface area contributed by atoms with Gasteiger partial charge in [0.1, 0.15) is 46.7 Å². The van der Waals surface area contributed by atoms with Crippen LogP contribution in [0.5, 0.6) is 69.0 Å². The van der Waals surface area contributed by atoms with Crippen LogP contribution >= 0.6 is 0 Å². The number of aliphatic hydroxyl groups excluding tert-OH is 1. The van der Waals surface area contributed by atoms with Crippen LogP contribution in [0.4, 0.5) is 0 Å². The highest BCUT2D eigenvalue weighted by Gasteiger charge is 2.39. The Bertz CT molecular complexity index is 2370. The zero-order valence-electron chi connectivity index (χ0n) is 26.4. The van der Waals surface area contributed by atoms with Crippen LogP contribution in [0.15, 0.2) is 59.4 Å². The molecule has 16 nitrogen and oxygen atoms in total. The van der Waals surface area contributed by atoms with Crippen molar-refractivity contribution in [3.8, 4) is 69.0 Å². The zero-order chi connectivity index (χ0) is 37.3. The number of phenols is 9.